The van der Waals surface area contributed by atoms with E-state index in [4.69, 9.17) is 27.9 Å². The lowest BCUT2D eigenvalue weighted by Gasteiger charge is -2.16. The number of nitrogens with one attached hydrogen (secondary N) is 2. The molecule has 0 bridgehead atoms. The van der Waals surface area contributed by atoms with Crippen molar-refractivity contribution < 1.29 is 14.3 Å². The van der Waals surface area contributed by atoms with E-state index in [0.717, 1.165) is 0 Å². The first kappa shape index (κ1) is 16.6. The third kappa shape index (κ3) is 4.90. The maximum atomic E-state index is 11.7. The Kier molecular flexibility index (Phi) is 6.10. The largest absolute Gasteiger partial charge is 0.479 e. The number of hydrogen-bond acceptors (Lipinski definition) is 3. The third-order valence-electron chi connectivity index (χ3n) is 2.40. The van der Waals surface area contributed by atoms with Crippen molar-refractivity contribution in [2.75, 3.05) is 0 Å². The van der Waals surface area contributed by atoms with Crippen LogP contribution in [0.5, 0.6) is 5.75 Å². The molecule has 20 heavy (non-hydrogen) atoms. The van der Waals surface area contributed by atoms with E-state index < -0.39 is 12.0 Å². The monoisotopic (exact) mass is 318 g/mol. The van der Waals surface area contributed by atoms with Crippen molar-refractivity contribution in [1.29, 1.82) is 0 Å². The maximum absolute atomic E-state index is 11.7. The zero-order valence-corrected chi connectivity index (χ0v) is 12.9. The van der Waals surface area contributed by atoms with Crippen LogP contribution in [0.4, 0.5) is 0 Å². The Bertz CT molecular complexity index is 506. The van der Waals surface area contributed by atoms with Gasteiger partial charge in [0.1, 0.15) is 5.75 Å². The Labute approximate surface area is 127 Å². The second-order valence-corrected chi connectivity index (χ2v) is 5.31. The molecule has 0 aliphatic rings. The number of carbonyl (C=O) groups is 2. The summed E-state index contributed by atoms with van der Waals surface area (Å²) < 4.78 is 5.40. The highest BCUT2D eigenvalue weighted by Crippen LogP contribution is 2.28. The Morgan fingerprint density at radius 3 is 2.25 bits per heavy atom. The summed E-state index contributed by atoms with van der Waals surface area (Å²) in [5, 5.41) is 0.784. The molecule has 1 rings (SSSR count). The van der Waals surface area contributed by atoms with Crippen LogP contribution in [0.2, 0.25) is 10.0 Å². The summed E-state index contributed by atoms with van der Waals surface area (Å²) in [5.74, 6) is -0.647. The second kappa shape index (κ2) is 7.36. The molecule has 1 aromatic carbocycles. The minimum absolute atomic E-state index is 0.225. The van der Waals surface area contributed by atoms with Gasteiger partial charge in [0.15, 0.2) is 6.10 Å². The fraction of sp³-hybridized carbons (Fsp3) is 0.385. The molecule has 0 spiro atoms. The Morgan fingerprint density at radius 2 is 1.70 bits per heavy atom. The average Bonchev–Trinajstić information content (AvgIpc) is 2.38. The molecule has 0 fully saturated rings. The number of carbonyl (C=O) groups excluding carboxylic acids is 2. The number of hydrazine groups is 1. The van der Waals surface area contributed by atoms with E-state index in [9.17, 15) is 9.59 Å². The molecule has 2 N–H and O–H groups in total. The van der Waals surface area contributed by atoms with Crippen molar-refractivity contribution in [2.45, 2.75) is 26.9 Å². The summed E-state index contributed by atoms with van der Waals surface area (Å²) in [5.41, 5.74) is 4.58. The van der Waals surface area contributed by atoms with Crippen LogP contribution in [-0.4, -0.2) is 17.9 Å². The van der Waals surface area contributed by atoms with Crippen molar-refractivity contribution in [1.82, 2.24) is 10.9 Å². The average molecular weight is 319 g/mol. The molecule has 0 heterocycles. The molecule has 1 unspecified atom stereocenters. The second-order valence-electron chi connectivity index (χ2n) is 4.47. The van der Waals surface area contributed by atoms with Gasteiger partial charge in [0.25, 0.3) is 5.91 Å². The lowest BCUT2D eigenvalue weighted by Crippen LogP contribution is -2.48. The highest BCUT2D eigenvalue weighted by molar-refractivity contribution is 6.35. The van der Waals surface area contributed by atoms with Crippen molar-refractivity contribution in [3.8, 4) is 5.75 Å². The van der Waals surface area contributed by atoms with E-state index in [1.165, 1.54) is 6.07 Å². The van der Waals surface area contributed by atoms with Gasteiger partial charge < -0.3 is 4.74 Å². The van der Waals surface area contributed by atoms with E-state index in [1.54, 1.807) is 32.9 Å². The summed E-state index contributed by atoms with van der Waals surface area (Å²) in [4.78, 5) is 23.1. The van der Waals surface area contributed by atoms with E-state index in [-0.39, 0.29) is 11.8 Å². The van der Waals surface area contributed by atoms with E-state index in [0.29, 0.717) is 15.8 Å². The number of benzene rings is 1. The van der Waals surface area contributed by atoms with Crippen LogP contribution in [-0.2, 0) is 9.59 Å². The zero-order valence-electron chi connectivity index (χ0n) is 11.4. The summed E-state index contributed by atoms with van der Waals surface area (Å²) in [6.45, 7) is 4.98. The van der Waals surface area contributed by atoms with Crippen molar-refractivity contribution in [2.24, 2.45) is 5.92 Å². The lowest BCUT2D eigenvalue weighted by molar-refractivity contribution is -0.133. The quantitative estimate of drug-likeness (QED) is 0.838. The molecule has 1 aromatic rings. The molecular weight excluding hydrogens is 303 g/mol. The number of hydrogen-bond donors (Lipinski definition) is 2. The van der Waals surface area contributed by atoms with Gasteiger partial charge in [-0.05, 0) is 25.1 Å². The Balaban J connectivity index is 2.55. The molecular formula is C13H16Cl2N2O3. The lowest BCUT2D eigenvalue weighted by atomic mass is 10.2. The van der Waals surface area contributed by atoms with E-state index in [2.05, 4.69) is 10.9 Å². The molecule has 0 radical (unpaired) electrons. The van der Waals surface area contributed by atoms with Gasteiger partial charge in [-0.1, -0.05) is 37.0 Å². The van der Waals surface area contributed by atoms with Crippen molar-refractivity contribution >= 4 is 35.0 Å². The van der Waals surface area contributed by atoms with Gasteiger partial charge >= 0.3 is 0 Å². The summed E-state index contributed by atoms with van der Waals surface area (Å²) in [6.07, 6.45) is -0.818. The van der Waals surface area contributed by atoms with Gasteiger partial charge in [0, 0.05) is 10.9 Å². The summed E-state index contributed by atoms with van der Waals surface area (Å²) in [6, 6.07) is 4.69. The standard InChI is InChI=1S/C13H16Cl2N2O3/c1-7(2)12(18)16-17-13(19)8(3)20-11-5-4-9(14)6-10(11)15/h4-8H,1-3H3,(H,16,18)(H,17,19). The molecule has 1 atom stereocenters. The maximum Gasteiger partial charge on any atom is 0.279 e. The number of amides is 2. The first-order valence-electron chi connectivity index (χ1n) is 6.02. The van der Waals surface area contributed by atoms with Crippen LogP contribution in [0.1, 0.15) is 20.8 Å². The molecule has 5 nitrogen and oxygen atoms in total. The summed E-state index contributed by atoms with van der Waals surface area (Å²) in [7, 11) is 0. The number of rotatable bonds is 4. The van der Waals surface area contributed by atoms with Crippen molar-refractivity contribution in [3.05, 3.63) is 28.2 Å². The van der Waals surface area contributed by atoms with Gasteiger partial charge in [0.05, 0.1) is 5.02 Å². The molecule has 7 heteroatoms. The number of ether oxygens (including phenoxy) is 1. The fourth-order valence-electron chi connectivity index (χ4n) is 1.18. The molecule has 0 aliphatic heterocycles. The van der Waals surface area contributed by atoms with Gasteiger partial charge in [-0.25, -0.2) is 0 Å². The topological polar surface area (TPSA) is 67.4 Å². The highest BCUT2D eigenvalue weighted by atomic mass is 35.5. The summed E-state index contributed by atoms with van der Waals surface area (Å²) >= 11 is 11.7. The Morgan fingerprint density at radius 1 is 1.10 bits per heavy atom. The van der Waals surface area contributed by atoms with Gasteiger partial charge in [0.2, 0.25) is 5.91 Å². The minimum atomic E-state index is -0.818. The fourth-order valence-corrected chi connectivity index (χ4v) is 1.64. The van der Waals surface area contributed by atoms with Crippen LogP contribution in [0.15, 0.2) is 18.2 Å². The predicted molar refractivity (Wildman–Crippen MR) is 77.7 cm³/mol. The van der Waals surface area contributed by atoms with Crippen LogP contribution in [0, 0.1) is 5.92 Å². The Hall–Kier alpha value is -1.46. The van der Waals surface area contributed by atoms with Gasteiger partial charge in [-0.2, -0.15) is 0 Å². The zero-order chi connectivity index (χ0) is 15.3. The molecule has 110 valence electrons. The smallest absolute Gasteiger partial charge is 0.279 e. The van der Waals surface area contributed by atoms with Crippen LogP contribution in [0.25, 0.3) is 0 Å². The first-order valence-corrected chi connectivity index (χ1v) is 6.78. The van der Waals surface area contributed by atoms with Crippen LogP contribution in [0.3, 0.4) is 0 Å². The molecule has 0 aliphatic carbocycles. The molecule has 0 saturated heterocycles. The van der Waals surface area contributed by atoms with Crippen molar-refractivity contribution in [3.63, 3.8) is 0 Å². The highest BCUT2D eigenvalue weighted by Gasteiger charge is 2.17. The van der Waals surface area contributed by atoms with Crippen LogP contribution < -0.4 is 15.6 Å². The molecule has 0 aromatic heterocycles. The first-order chi connectivity index (χ1) is 9.31. The van der Waals surface area contributed by atoms with Gasteiger partial charge in [-0.15, -0.1) is 0 Å². The molecule has 0 saturated carbocycles. The van der Waals surface area contributed by atoms with Gasteiger partial charge in [-0.3, -0.25) is 20.4 Å². The molecule has 2 amide bonds. The normalized spacial score (nSPS) is 11.9. The third-order valence-corrected chi connectivity index (χ3v) is 2.93. The SMILES string of the molecule is CC(C)C(=O)NNC(=O)C(C)Oc1ccc(Cl)cc1Cl. The predicted octanol–water partition coefficient (Wildman–Crippen LogP) is 2.56. The van der Waals surface area contributed by atoms with Crippen LogP contribution >= 0.6 is 23.2 Å². The number of halogens is 2. The van der Waals surface area contributed by atoms with E-state index >= 15 is 0 Å². The minimum Gasteiger partial charge on any atom is -0.479 e. The van der Waals surface area contributed by atoms with E-state index in [1.807, 2.05) is 0 Å².